The normalized spacial score (nSPS) is 27.3. The molecule has 3 rings (SSSR count). The van der Waals surface area contributed by atoms with Crippen LogP contribution in [0.1, 0.15) is 49.4 Å². The standard InChI is InChI=1S/C17H27N3O3/c1-4-12(2)14-9-16(23-18-14)17(21)20-10-13(3)15(11-20)19-5-7-22-8-6-19/h9,12-13,15H,4-8,10-11H2,1-3H3/t12-,13+,15-/m0/s1. The summed E-state index contributed by atoms with van der Waals surface area (Å²) in [6, 6.07) is 2.23. The van der Waals surface area contributed by atoms with Gasteiger partial charge in [0.25, 0.3) is 5.91 Å². The molecule has 0 unspecified atom stereocenters. The Labute approximate surface area is 137 Å². The zero-order valence-corrected chi connectivity index (χ0v) is 14.3. The third-order valence-corrected chi connectivity index (χ3v) is 5.23. The lowest BCUT2D eigenvalue weighted by Crippen LogP contribution is -2.47. The maximum absolute atomic E-state index is 12.7. The second-order valence-electron chi connectivity index (χ2n) is 6.83. The molecule has 2 saturated heterocycles. The molecule has 0 radical (unpaired) electrons. The number of carbonyl (C=O) groups excluding carboxylic acids is 1. The summed E-state index contributed by atoms with van der Waals surface area (Å²) in [7, 11) is 0. The molecule has 0 bridgehead atoms. The number of likely N-dealkylation sites (tertiary alicyclic amines) is 1. The van der Waals surface area contributed by atoms with Crippen LogP contribution >= 0.6 is 0 Å². The Bertz CT molecular complexity index is 539. The minimum absolute atomic E-state index is 0.0327. The second-order valence-corrected chi connectivity index (χ2v) is 6.83. The number of aromatic nitrogens is 1. The molecule has 128 valence electrons. The molecule has 2 aliphatic rings. The van der Waals surface area contributed by atoms with Crippen LogP contribution in [0.4, 0.5) is 0 Å². The molecule has 0 spiro atoms. The minimum atomic E-state index is -0.0327. The van der Waals surface area contributed by atoms with Gasteiger partial charge in [-0.15, -0.1) is 0 Å². The Morgan fingerprint density at radius 2 is 2.13 bits per heavy atom. The van der Waals surface area contributed by atoms with Crippen LogP contribution in [0.2, 0.25) is 0 Å². The number of hydrogen-bond donors (Lipinski definition) is 0. The fourth-order valence-corrected chi connectivity index (χ4v) is 3.49. The first-order valence-electron chi connectivity index (χ1n) is 8.67. The van der Waals surface area contributed by atoms with Crippen LogP contribution in [0.3, 0.4) is 0 Å². The van der Waals surface area contributed by atoms with Crippen LogP contribution in [-0.2, 0) is 4.74 Å². The van der Waals surface area contributed by atoms with Gasteiger partial charge in [0.2, 0.25) is 5.76 Å². The van der Waals surface area contributed by atoms with Gasteiger partial charge >= 0.3 is 0 Å². The smallest absolute Gasteiger partial charge is 0.292 e. The maximum atomic E-state index is 12.7. The summed E-state index contributed by atoms with van der Waals surface area (Å²) in [5.74, 6) is 1.12. The molecule has 1 aromatic heterocycles. The van der Waals surface area contributed by atoms with Gasteiger partial charge < -0.3 is 14.2 Å². The largest absolute Gasteiger partial charge is 0.379 e. The maximum Gasteiger partial charge on any atom is 0.292 e. The molecule has 2 aliphatic heterocycles. The topological polar surface area (TPSA) is 58.8 Å². The predicted octanol–water partition coefficient (Wildman–Crippen LogP) is 1.98. The van der Waals surface area contributed by atoms with Gasteiger partial charge in [0.15, 0.2) is 0 Å². The molecular formula is C17H27N3O3. The quantitative estimate of drug-likeness (QED) is 0.849. The van der Waals surface area contributed by atoms with Crippen LogP contribution in [0, 0.1) is 5.92 Å². The van der Waals surface area contributed by atoms with Gasteiger partial charge in [-0.3, -0.25) is 9.69 Å². The first-order valence-corrected chi connectivity index (χ1v) is 8.67. The Kier molecular flexibility index (Phi) is 5.02. The zero-order chi connectivity index (χ0) is 16.4. The molecular weight excluding hydrogens is 294 g/mol. The van der Waals surface area contributed by atoms with E-state index in [-0.39, 0.29) is 5.91 Å². The van der Waals surface area contributed by atoms with Crippen LogP contribution in [-0.4, -0.2) is 66.3 Å². The van der Waals surface area contributed by atoms with Gasteiger partial charge in [-0.25, -0.2) is 0 Å². The minimum Gasteiger partial charge on any atom is -0.379 e. The lowest BCUT2D eigenvalue weighted by Gasteiger charge is -2.33. The number of hydrogen-bond acceptors (Lipinski definition) is 5. The SMILES string of the molecule is CC[C@H](C)c1cc(C(=O)N2C[C@@H](C)[C@@H](N3CCOCC3)C2)on1. The molecule has 23 heavy (non-hydrogen) atoms. The average Bonchev–Trinajstić information content (AvgIpc) is 3.21. The summed E-state index contributed by atoms with van der Waals surface area (Å²) in [4.78, 5) is 17.1. The molecule has 3 heterocycles. The average molecular weight is 321 g/mol. The Balaban J connectivity index is 1.65. The van der Waals surface area contributed by atoms with E-state index in [1.165, 1.54) is 0 Å². The number of nitrogens with zero attached hydrogens (tertiary/aromatic N) is 3. The molecule has 1 amide bonds. The van der Waals surface area contributed by atoms with Crippen molar-refractivity contribution in [1.29, 1.82) is 0 Å². The summed E-state index contributed by atoms with van der Waals surface area (Å²) < 4.78 is 10.7. The number of rotatable bonds is 4. The lowest BCUT2D eigenvalue weighted by molar-refractivity contribution is 0.0118. The molecule has 6 nitrogen and oxygen atoms in total. The fourth-order valence-electron chi connectivity index (χ4n) is 3.49. The van der Waals surface area contributed by atoms with E-state index in [0.29, 0.717) is 23.6 Å². The van der Waals surface area contributed by atoms with E-state index in [2.05, 4.69) is 30.8 Å². The van der Waals surface area contributed by atoms with Gasteiger partial charge in [-0.1, -0.05) is 25.9 Å². The summed E-state index contributed by atoms with van der Waals surface area (Å²) >= 11 is 0. The second kappa shape index (κ2) is 7.01. The molecule has 3 atom stereocenters. The highest BCUT2D eigenvalue weighted by Gasteiger charge is 2.37. The highest BCUT2D eigenvalue weighted by molar-refractivity contribution is 5.91. The van der Waals surface area contributed by atoms with Crippen molar-refractivity contribution < 1.29 is 14.1 Å². The molecule has 0 aromatic carbocycles. The number of amides is 1. The molecule has 0 saturated carbocycles. The summed E-state index contributed by atoms with van der Waals surface area (Å²) in [6.45, 7) is 11.5. The lowest BCUT2D eigenvalue weighted by atomic mass is 10.0. The van der Waals surface area contributed by atoms with Crippen molar-refractivity contribution in [3.63, 3.8) is 0 Å². The number of morpholine rings is 1. The van der Waals surface area contributed by atoms with Crippen LogP contribution in [0.25, 0.3) is 0 Å². The van der Waals surface area contributed by atoms with Gasteiger partial charge in [0.05, 0.1) is 18.9 Å². The third kappa shape index (κ3) is 3.43. The van der Waals surface area contributed by atoms with Crippen molar-refractivity contribution in [1.82, 2.24) is 15.0 Å². The molecule has 0 N–H and O–H groups in total. The van der Waals surface area contributed by atoms with Crippen molar-refractivity contribution in [3.8, 4) is 0 Å². The van der Waals surface area contributed by atoms with Crippen molar-refractivity contribution in [2.45, 2.75) is 39.2 Å². The van der Waals surface area contributed by atoms with E-state index < -0.39 is 0 Å². The molecule has 0 aliphatic carbocycles. The van der Waals surface area contributed by atoms with Crippen LogP contribution < -0.4 is 0 Å². The first-order chi connectivity index (χ1) is 11.1. The van der Waals surface area contributed by atoms with Crippen molar-refractivity contribution in [2.75, 3.05) is 39.4 Å². The van der Waals surface area contributed by atoms with E-state index in [0.717, 1.165) is 51.5 Å². The van der Waals surface area contributed by atoms with Crippen molar-refractivity contribution in [2.24, 2.45) is 5.92 Å². The van der Waals surface area contributed by atoms with Gasteiger partial charge in [0.1, 0.15) is 0 Å². The monoisotopic (exact) mass is 321 g/mol. The third-order valence-electron chi connectivity index (χ3n) is 5.23. The van der Waals surface area contributed by atoms with Crippen LogP contribution in [0.15, 0.2) is 10.6 Å². The van der Waals surface area contributed by atoms with Gasteiger partial charge in [-0.2, -0.15) is 0 Å². The van der Waals surface area contributed by atoms with Gasteiger partial charge in [-0.05, 0) is 12.3 Å². The zero-order valence-electron chi connectivity index (χ0n) is 14.3. The molecule has 6 heteroatoms. The number of carbonyl (C=O) groups is 1. The summed E-state index contributed by atoms with van der Waals surface area (Å²) in [6.07, 6.45) is 0.986. The molecule has 2 fully saturated rings. The van der Waals surface area contributed by atoms with Crippen molar-refractivity contribution in [3.05, 3.63) is 17.5 Å². The van der Waals surface area contributed by atoms with E-state index in [9.17, 15) is 4.79 Å². The van der Waals surface area contributed by atoms with E-state index in [4.69, 9.17) is 9.26 Å². The fraction of sp³-hybridized carbons (Fsp3) is 0.765. The summed E-state index contributed by atoms with van der Waals surface area (Å²) in [5.41, 5.74) is 0.868. The van der Waals surface area contributed by atoms with Gasteiger partial charge in [0, 0.05) is 44.2 Å². The molecule has 1 aromatic rings. The number of ether oxygens (including phenoxy) is 1. The Morgan fingerprint density at radius 1 is 1.39 bits per heavy atom. The first kappa shape index (κ1) is 16.5. The predicted molar refractivity (Wildman–Crippen MR) is 86.5 cm³/mol. The van der Waals surface area contributed by atoms with E-state index in [1.54, 1.807) is 0 Å². The van der Waals surface area contributed by atoms with Crippen molar-refractivity contribution >= 4 is 5.91 Å². The highest BCUT2D eigenvalue weighted by atomic mass is 16.5. The summed E-state index contributed by atoms with van der Waals surface area (Å²) in [5, 5.41) is 4.06. The Hall–Kier alpha value is -1.40. The van der Waals surface area contributed by atoms with E-state index in [1.807, 2.05) is 11.0 Å². The highest BCUT2D eigenvalue weighted by Crippen LogP contribution is 2.25. The van der Waals surface area contributed by atoms with E-state index >= 15 is 0 Å². The Morgan fingerprint density at radius 3 is 2.83 bits per heavy atom. The van der Waals surface area contributed by atoms with Crippen LogP contribution in [0.5, 0.6) is 0 Å².